The van der Waals surface area contributed by atoms with Gasteiger partial charge in [0.25, 0.3) is 0 Å². The molecule has 0 saturated heterocycles. The van der Waals surface area contributed by atoms with E-state index < -0.39 is 22.8 Å². The Kier molecular flexibility index (Phi) is 3.89. The second-order valence-electron chi connectivity index (χ2n) is 5.24. The predicted octanol–water partition coefficient (Wildman–Crippen LogP) is 2.60. The third kappa shape index (κ3) is 3.23. The van der Waals surface area contributed by atoms with Crippen LogP contribution in [0.15, 0.2) is 18.2 Å². The summed E-state index contributed by atoms with van der Waals surface area (Å²) >= 11 is 0. The van der Waals surface area contributed by atoms with Gasteiger partial charge in [0.15, 0.2) is 0 Å². The van der Waals surface area contributed by atoms with E-state index in [0.29, 0.717) is 0 Å². The Morgan fingerprint density at radius 3 is 2.00 bits per heavy atom. The smallest absolute Gasteiger partial charge is 0.130 e. The Hall–Kier alpha value is -1.00. The maximum absolute atomic E-state index is 13.4. The number of halogens is 2. The van der Waals surface area contributed by atoms with Gasteiger partial charge < -0.3 is 10.4 Å². The van der Waals surface area contributed by atoms with Crippen LogP contribution in [-0.4, -0.2) is 16.2 Å². The molecule has 0 spiro atoms. The van der Waals surface area contributed by atoms with E-state index >= 15 is 0 Å². The quantitative estimate of drug-likeness (QED) is 0.852. The van der Waals surface area contributed by atoms with Crippen LogP contribution in [0.4, 0.5) is 8.78 Å². The summed E-state index contributed by atoms with van der Waals surface area (Å²) in [6.07, 6.45) is 0. The van der Waals surface area contributed by atoms with Crippen LogP contribution in [0.2, 0.25) is 0 Å². The molecule has 0 saturated carbocycles. The van der Waals surface area contributed by atoms with E-state index in [2.05, 4.69) is 5.32 Å². The molecule has 0 unspecified atom stereocenters. The van der Waals surface area contributed by atoms with E-state index in [9.17, 15) is 13.9 Å². The molecule has 0 aliphatic carbocycles. The van der Waals surface area contributed by atoms with Crippen LogP contribution in [-0.2, 0) is 6.54 Å². The first kappa shape index (κ1) is 14.1. The molecule has 1 aromatic carbocycles. The van der Waals surface area contributed by atoms with E-state index in [1.54, 1.807) is 27.7 Å². The summed E-state index contributed by atoms with van der Waals surface area (Å²) < 4.78 is 26.8. The molecule has 1 aromatic rings. The van der Waals surface area contributed by atoms with Crippen LogP contribution in [0.5, 0.6) is 0 Å². The van der Waals surface area contributed by atoms with E-state index in [1.807, 2.05) is 0 Å². The Bertz CT molecular complexity index is 377. The van der Waals surface area contributed by atoms with Crippen LogP contribution in [0.1, 0.15) is 33.3 Å². The van der Waals surface area contributed by atoms with Gasteiger partial charge in [-0.1, -0.05) is 6.07 Å². The van der Waals surface area contributed by atoms with Crippen LogP contribution in [0.3, 0.4) is 0 Å². The fourth-order valence-electron chi connectivity index (χ4n) is 1.23. The zero-order valence-corrected chi connectivity index (χ0v) is 10.6. The molecule has 1 rings (SSSR count). The van der Waals surface area contributed by atoms with E-state index in [1.165, 1.54) is 18.2 Å². The van der Waals surface area contributed by atoms with Crippen LogP contribution >= 0.6 is 0 Å². The molecule has 0 aliphatic heterocycles. The van der Waals surface area contributed by atoms with E-state index in [0.717, 1.165) is 0 Å². The SMILES string of the molecule is CC(C)(O)C(C)(C)NCc1c(F)cccc1F. The number of hydrogen-bond donors (Lipinski definition) is 2. The van der Waals surface area contributed by atoms with Gasteiger partial charge in [-0.25, -0.2) is 8.78 Å². The van der Waals surface area contributed by atoms with Crippen molar-refractivity contribution < 1.29 is 13.9 Å². The molecule has 0 aliphatic rings. The highest BCUT2D eigenvalue weighted by Gasteiger charge is 2.34. The maximum atomic E-state index is 13.4. The molecular formula is C13H19F2NO. The lowest BCUT2D eigenvalue weighted by atomic mass is 9.86. The average molecular weight is 243 g/mol. The van der Waals surface area contributed by atoms with Crippen molar-refractivity contribution in [1.82, 2.24) is 5.32 Å². The summed E-state index contributed by atoms with van der Waals surface area (Å²) in [4.78, 5) is 0. The molecule has 0 radical (unpaired) electrons. The van der Waals surface area contributed by atoms with Crippen molar-refractivity contribution in [2.24, 2.45) is 0 Å². The first-order chi connectivity index (χ1) is 7.65. The molecule has 2 N–H and O–H groups in total. The van der Waals surface area contributed by atoms with Crippen molar-refractivity contribution in [3.63, 3.8) is 0 Å². The molecule has 4 heteroatoms. The van der Waals surface area contributed by atoms with E-state index in [4.69, 9.17) is 0 Å². The maximum Gasteiger partial charge on any atom is 0.130 e. The summed E-state index contributed by atoms with van der Waals surface area (Å²) in [5, 5.41) is 12.9. The second kappa shape index (κ2) is 4.70. The molecule has 17 heavy (non-hydrogen) atoms. The number of nitrogens with one attached hydrogen (secondary N) is 1. The Labute approximate surface area is 101 Å². The van der Waals surface area contributed by atoms with Gasteiger partial charge in [-0.15, -0.1) is 0 Å². The van der Waals surface area contributed by atoms with Crippen molar-refractivity contribution in [1.29, 1.82) is 0 Å². The third-order valence-electron chi connectivity index (χ3n) is 3.30. The lowest BCUT2D eigenvalue weighted by Crippen LogP contribution is -2.55. The average Bonchev–Trinajstić information content (AvgIpc) is 2.15. The number of rotatable bonds is 4. The third-order valence-corrected chi connectivity index (χ3v) is 3.30. The number of hydrogen-bond acceptors (Lipinski definition) is 2. The highest BCUT2D eigenvalue weighted by Crippen LogP contribution is 2.22. The summed E-state index contributed by atoms with van der Waals surface area (Å²) in [6, 6.07) is 3.77. The van der Waals surface area contributed by atoms with Crippen LogP contribution in [0, 0.1) is 11.6 Å². The van der Waals surface area contributed by atoms with Crippen LogP contribution in [0.25, 0.3) is 0 Å². The summed E-state index contributed by atoms with van der Waals surface area (Å²) in [5.41, 5.74) is -1.65. The van der Waals surface area contributed by atoms with Gasteiger partial charge in [-0.2, -0.15) is 0 Å². The molecule has 0 amide bonds. The summed E-state index contributed by atoms with van der Waals surface area (Å²) in [7, 11) is 0. The Balaban J connectivity index is 2.81. The van der Waals surface area contributed by atoms with Crippen molar-refractivity contribution in [2.45, 2.75) is 45.4 Å². The topological polar surface area (TPSA) is 32.3 Å². The fraction of sp³-hybridized carbons (Fsp3) is 0.538. The monoisotopic (exact) mass is 243 g/mol. The van der Waals surface area contributed by atoms with Gasteiger partial charge in [0.1, 0.15) is 11.6 Å². The molecule has 0 aromatic heterocycles. The summed E-state index contributed by atoms with van der Waals surface area (Å²) in [6.45, 7) is 6.91. The number of benzene rings is 1. The van der Waals surface area contributed by atoms with Gasteiger partial charge >= 0.3 is 0 Å². The molecule has 0 atom stereocenters. The lowest BCUT2D eigenvalue weighted by Gasteiger charge is -2.38. The minimum atomic E-state index is -0.991. The second-order valence-corrected chi connectivity index (χ2v) is 5.24. The van der Waals surface area contributed by atoms with Crippen molar-refractivity contribution in [2.75, 3.05) is 0 Å². The highest BCUT2D eigenvalue weighted by molar-refractivity contribution is 5.19. The zero-order chi connectivity index (χ0) is 13.3. The zero-order valence-electron chi connectivity index (χ0n) is 10.6. The molecule has 2 nitrogen and oxygen atoms in total. The van der Waals surface area contributed by atoms with Gasteiger partial charge in [-0.3, -0.25) is 0 Å². The number of aliphatic hydroxyl groups is 1. The minimum Gasteiger partial charge on any atom is -0.389 e. The predicted molar refractivity (Wildman–Crippen MR) is 63.6 cm³/mol. The summed E-state index contributed by atoms with van der Waals surface area (Å²) in [5.74, 6) is -1.16. The standard InChI is InChI=1S/C13H19F2NO/c1-12(2,13(3,4)17)16-8-9-10(14)6-5-7-11(9)15/h5-7,16-17H,8H2,1-4H3. The molecule has 0 fully saturated rings. The van der Waals surface area contributed by atoms with Crippen molar-refractivity contribution in [3.8, 4) is 0 Å². The first-order valence-electron chi connectivity index (χ1n) is 5.55. The highest BCUT2D eigenvalue weighted by atomic mass is 19.1. The largest absolute Gasteiger partial charge is 0.389 e. The van der Waals surface area contributed by atoms with Crippen molar-refractivity contribution in [3.05, 3.63) is 35.4 Å². The van der Waals surface area contributed by atoms with E-state index in [-0.39, 0.29) is 12.1 Å². The molecular weight excluding hydrogens is 224 g/mol. The van der Waals surface area contributed by atoms with Crippen LogP contribution < -0.4 is 5.32 Å². The minimum absolute atomic E-state index is 0.00942. The Morgan fingerprint density at radius 1 is 1.12 bits per heavy atom. The molecule has 0 bridgehead atoms. The Morgan fingerprint density at radius 2 is 1.59 bits per heavy atom. The first-order valence-corrected chi connectivity index (χ1v) is 5.55. The lowest BCUT2D eigenvalue weighted by molar-refractivity contribution is -0.00556. The molecule has 0 heterocycles. The van der Waals surface area contributed by atoms with Gasteiger partial charge in [0, 0.05) is 17.6 Å². The van der Waals surface area contributed by atoms with Gasteiger partial charge in [0.2, 0.25) is 0 Å². The van der Waals surface area contributed by atoms with Gasteiger partial charge in [0.05, 0.1) is 5.60 Å². The fourth-order valence-corrected chi connectivity index (χ4v) is 1.23. The molecule has 96 valence electrons. The normalized spacial score (nSPS) is 12.9. The van der Waals surface area contributed by atoms with Crippen molar-refractivity contribution >= 4 is 0 Å². The van der Waals surface area contributed by atoms with Gasteiger partial charge in [-0.05, 0) is 39.8 Å².